The van der Waals surface area contributed by atoms with E-state index in [1.165, 1.54) is 12.8 Å². The first-order valence-corrected chi connectivity index (χ1v) is 5.80. The van der Waals surface area contributed by atoms with Crippen LogP contribution in [0, 0.1) is 22.7 Å². The Morgan fingerprint density at radius 1 is 1.29 bits per heavy atom. The molecule has 1 N–H and O–H groups in total. The number of aliphatic hydroxyl groups is 1. The van der Waals surface area contributed by atoms with Crippen LogP contribution in [0.25, 0.3) is 0 Å². The number of hydrogen-bond acceptors (Lipinski definition) is 2. The Bertz CT molecular complexity index is 273. The predicted octanol–water partition coefficient (Wildman–Crippen LogP) is 2.17. The van der Waals surface area contributed by atoms with Gasteiger partial charge in [0.2, 0.25) is 0 Å². The van der Waals surface area contributed by atoms with E-state index in [0.717, 1.165) is 12.3 Å². The summed E-state index contributed by atoms with van der Waals surface area (Å²) in [6, 6.07) is 0. The van der Waals surface area contributed by atoms with Gasteiger partial charge in [-0.05, 0) is 35.5 Å². The third kappa shape index (κ3) is 0.772. The minimum atomic E-state index is -0.485. The van der Waals surface area contributed by atoms with E-state index >= 15 is 0 Å². The highest BCUT2D eigenvalue weighted by Gasteiger charge is 2.68. The highest BCUT2D eigenvalue weighted by Crippen LogP contribution is 2.70. The minimum Gasteiger partial charge on any atom is -0.368 e. The van der Waals surface area contributed by atoms with Gasteiger partial charge >= 0.3 is 0 Å². The van der Waals surface area contributed by atoms with Gasteiger partial charge in [-0.1, -0.05) is 20.8 Å². The van der Waals surface area contributed by atoms with E-state index in [1.54, 1.807) is 0 Å². The van der Waals surface area contributed by atoms with Crippen molar-refractivity contribution in [3.8, 4) is 0 Å². The third-order valence-corrected chi connectivity index (χ3v) is 5.68. The summed E-state index contributed by atoms with van der Waals surface area (Å²) in [6.45, 7) is 7.13. The van der Waals surface area contributed by atoms with Crippen molar-refractivity contribution >= 4 is 0 Å². The van der Waals surface area contributed by atoms with Gasteiger partial charge in [-0.3, -0.25) is 0 Å². The molecular formula is C12H20O2. The first-order valence-electron chi connectivity index (χ1n) is 5.80. The van der Waals surface area contributed by atoms with E-state index in [2.05, 4.69) is 20.8 Å². The molecule has 2 bridgehead atoms. The van der Waals surface area contributed by atoms with Crippen molar-refractivity contribution in [3.05, 3.63) is 0 Å². The molecule has 0 aromatic carbocycles. The molecule has 2 saturated carbocycles. The van der Waals surface area contributed by atoms with Crippen LogP contribution in [0.15, 0.2) is 0 Å². The van der Waals surface area contributed by atoms with E-state index in [1.807, 2.05) is 0 Å². The Balaban J connectivity index is 2.02. The quantitative estimate of drug-likeness (QED) is 0.643. The highest BCUT2D eigenvalue weighted by atomic mass is 16.6. The fourth-order valence-electron chi connectivity index (χ4n) is 4.50. The average molecular weight is 196 g/mol. The Labute approximate surface area is 85.6 Å². The highest BCUT2D eigenvalue weighted by molar-refractivity contribution is 5.16. The standard InChI is InChI=1S/C12H20O2/c1-11(2)8-4-5-12(11,3)10-7(8)6-9(13)14-10/h7-10,13H,4-6H2,1-3H3. The summed E-state index contributed by atoms with van der Waals surface area (Å²) in [6.07, 6.45) is 3.32. The van der Waals surface area contributed by atoms with Crippen LogP contribution in [0.5, 0.6) is 0 Å². The zero-order chi connectivity index (χ0) is 10.1. The van der Waals surface area contributed by atoms with Gasteiger partial charge in [-0.15, -0.1) is 0 Å². The molecular weight excluding hydrogens is 176 g/mol. The summed E-state index contributed by atoms with van der Waals surface area (Å²) >= 11 is 0. The second kappa shape index (κ2) is 2.35. The smallest absolute Gasteiger partial charge is 0.155 e. The normalized spacial score (nSPS) is 59.1. The van der Waals surface area contributed by atoms with Gasteiger partial charge in [0, 0.05) is 6.42 Å². The Morgan fingerprint density at radius 3 is 2.64 bits per heavy atom. The molecule has 0 aromatic heterocycles. The molecule has 2 aliphatic carbocycles. The van der Waals surface area contributed by atoms with Crippen LogP contribution in [-0.2, 0) is 4.74 Å². The molecule has 14 heavy (non-hydrogen) atoms. The summed E-state index contributed by atoms with van der Waals surface area (Å²) in [5.41, 5.74) is 0.711. The average Bonchev–Trinajstić information content (AvgIpc) is 2.59. The molecule has 5 unspecified atom stereocenters. The van der Waals surface area contributed by atoms with Crippen molar-refractivity contribution in [2.75, 3.05) is 0 Å². The molecule has 0 spiro atoms. The van der Waals surface area contributed by atoms with Crippen molar-refractivity contribution in [3.63, 3.8) is 0 Å². The Hall–Kier alpha value is -0.0800. The van der Waals surface area contributed by atoms with Crippen LogP contribution >= 0.6 is 0 Å². The number of rotatable bonds is 0. The first kappa shape index (κ1) is 9.17. The largest absolute Gasteiger partial charge is 0.368 e. The van der Waals surface area contributed by atoms with Crippen LogP contribution in [0.3, 0.4) is 0 Å². The second-order valence-corrected chi connectivity index (χ2v) is 6.20. The fraction of sp³-hybridized carbons (Fsp3) is 1.00. The monoisotopic (exact) mass is 196 g/mol. The second-order valence-electron chi connectivity index (χ2n) is 6.20. The number of ether oxygens (including phenoxy) is 1. The molecule has 5 atom stereocenters. The molecule has 1 heterocycles. The summed E-state index contributed by atoms with van der Waals surface area (Å²) in [7, 11) is 0. The van der Waals surface area contributed by atoms with Crippen LogP contribution in [0.1, 0.15) is 40.0 Å². The molecule has 2 nitrogen and oxygen atoms in total. The maximum atomic E-state index is 9.56. The van der Waals surface area contributed by atoms with Crippen molar-refractivity contribution in [1.29, 1.82) is 0 Å². The van der Waals surface area contributed by atoms with Crippen LogP contribution in [-0.4, -0.2) is 17.5 Å². The van der Waals surface area contributed by atoms with Gasteiger partial charge in [0.25, 0.3) is 0 Å². The van der Waals surface area contributed by atoms with Crippen LogP contribution in [0.4, 0.5) is 0 Å². The van der Waals surface area contributed by atoms with E-state index in [-0.39, 0.29) is 0 Å². The maximum Gasteiger partial charge on any atom is 0.155 e. The van der Waals surface area contributed by atoms with E-state index < -0.39 is 6.29 Å². The molecule has 0 aromatic rings. The SMILES string of the molecule is CC1(C)C2CCC1(C)C1OC(O)CC21. The molecule has 3 rings (SSSR count). The minimum absolute atomic E-state index is 0.305. The molecule has 0 radical (unpaired) electrons. The Morgan fingerprint density at radius 2 is 2.00 bits per heavy atom. The number of fused-ring (bicyclic) bond motifs is 5. The summed E-state index contributed by atoms with van der Waals surface area (Å²) < 4.78 is 5.71. The van der Waals surface area contributed by atoms with Crippen molar-refractivity contribution in [2.24, 2.45) is 22.7 Å². The molecule has 3 fully saturated rings. The molecule has 1 aliphatic heterocycles. The summed E-state index contributed by atoms with van der Waals surface area (Å²) in [4.78, 5) is 0. The lowest BCUT2D eigenvalue weighted by Gasteiger charge is -2.38. The number of aliphatic hydroxyl groups excluding tert-OH is 1. The topological polar surface area (TPSA) is 29.5 Å². The molecule has 2 heteroatoms. The van der Waals surface area contributed by atoms with Gasteiger partial charge in [0.15, 0.2) is 6.29 Å². The van der Waals surface area contributed by atoms with Crippen LogP contribution in [0.2, 0.25) is 0 Å². The van der Waals surface area contributed by atoms with Crippen LogP contribution < -0.4 is 0 Å². The predicted molar refractivity (Wildman–Crippen MR) is 53.6 cm³/mol. The van der Waals surface area contributed by atoms with Gasteiger partial charge < -0.3 is 9.84 Å². The lowest BCUT2D eigenvalue weighted by Crippen LogP contribution is -2.37. The summed E-state index contributed by atoms with van der Waals surface area (Å²) in [5, 5.41) is 9.56. The van der Waals surface area contributed by atoms with Crippen molar-refractivity contribution in [2.45, 2.75) is 52.4 Å². The molecule has 1 saturated heterocycles. The number of hydrogen-bond donors (Lipinski definition) is 1. The van der Waals surface area contributed by atoms with Crippen molar-refractivity contribution in [1.82, 2.24) is 0 Å². The zero-order valence-corrected chi connectivity index (χ0v) is 9.29. The van der Waals surface area contributed by atoms with Gasteiger partial charge in [0.1, 0.15) is 0 Å². The van der Waals surface area contributed by atoms with Gasteiger partial charge in [-0.25, -0.2) is 0 Å². The lowest BCUT2D eigenvalue weighted by molar-refractivity contribution is -0.134. The molecule has 0 amide bonds. The van der Waals surface area contributed by atoms with E-state index in [4.69, 9.17) is 4.74 Å². The Kier molecular flexibility index (Phi) is 1.54. The van der Waals surface area contributed by atoms with E-state index in [0.29, 0.717) is 22.9 Å². The summed E-state index contributed by atoms with van der Waals surface area (Å²) in [5.74, 6) is 1.40. The third-order valence-electron chi connectivity index (χ3n) is 5.68. The van der Waals surface area contributed by atoms with Crippen molar-refractivity contribution < 1.29 is 9.84 Å². The van der Waals surface area contributed by atoms with E-state index in [9.17, 15) is 5.11 Å². The lowest BCUT2D eigenvalue weighted by atomic mass is 9.70. The fourth-order valence-corrected chi connectivity index (χ4v) is 4.50. The molecule has 3 aliphatic rings. The molecule has 80 valence electrons. The maximum absolute atomic E-state index is 9.56. The first-order chi connectivity index (χ1) is 6.47. The van der Waals surface area contributed by atoms with Gasteiger partial charge in [0.05, 0.1) is 6.10 Å². The zero-order valence-electron chi connectivity index (χ0n) is 9.29. The van der Waals surface area contributed by atoms with Gasteiger partial charge in [-0.2, -0.15) is 0 Å².